The van der Waals surface area contributed by atoms with Crippen molar-refractivity contribution in [3.8, 4) is 5.75 Å². The molecule has 3 rings (SSSR count). The van der Waals surface area contributed by atoms with Gasteiger partial charge in [0.15, 0.2) is 16.5 Å². The van der Waals surface area contributed by atoms with Gasteiger partial charge in [0.1, 0.15) is 5.75 Å². The number of nitrogens with zero attached hydrogens (tertiary/aromatic N) is 1. The molecule has 0 saturated carbocycles. The number of hydrogen-bond donors (Lipinski definition) is 1. The van der Waals surface area contributed by atoms with Crippen molar-refractivity contribution in [2.24, 2.45) is 0 Å². The molecule has 22 heavy (non-hydrogen) atoms. The molecule has 2 aliphatic rings. The molecular weight excluding hydrogens is 304 g/mol. The first-order valence-corrected chi connectivity index (χ1v) is 9.13. The summed E-state index contributed by atoms with van der Waals surface area (Å²) in [7, 11) is -4.42. The zero-order valence-corrected chi connectivity index (χ0v) is 13.4. The third kappa shape index (κ3) is 3.27. The summed E-state index contributed by atoms with van der Waals surface area (Å²) in [5, 5.41) is 0. The Balaban J connectivity index is 1.79. The van der Waals surface area contributed by atoms with E-state index in [1.54, 1.807) is 6.07 Å². The van der Waals surface area contributed by atoms with Gasteiger partial charge in [0.05, 0.1) is 0 Å². The summed E-state index contributed by atoms with van der Waals surface area (Å²) < 4.78 is 40.2. The Hall–Kier alpha value is -1.15. The van der Waals surface area contributed by atoms with Gasteiger partial charge < -0.3 is 9.29 Å². The number of ether oxygens (including phenoxy) is 1. The Morgan fingerprint density at radius 3 is 2.73 bits per heavy atom. The van der Waals surface area contributed by atoms with Gasteiger partial charge in [-0.25, -0.2) is 13.1 Å². The molecule has 1 saturated heterocycles. The first-order chi connectivity index (χ1) is 10.5. The fourth-order valence-electron chi connectivity index (χ4n) is 3.39. The molecule has 0 spiro atoms. The molecule has 2 unspecified atom stereocenters. The quantitative estimate of drug-likeness (QED) is 0.831. The molecule has 7 heteroatoms. The predicted molar refractivity (Wildman–Crippen MR) is 81.2 cm³/mol. The first-order valence-electron chi connectivity index (χ1n) is 7.72. The molecule has 2 atom stereocenters. The standard InChI is InChI=1S/C15H22N2O4S/c1-2-12-13-9-11(10-16-22(18,19)20)5-6-14(13)21-15(12)17-7-3-4-8-17/h5-6,9,12,15-16H,2-4,7-8,10H2,1H3,(H,18,19,20)/p-1. The van der Waals surface area contributed by atoms with Crippen LogP contribution in [-0.2, 0) is 16.8 Å². The minimum Gasteiger partial charge on any atom is -0.735 e. The van der Waals surface area contributed by atoms with E-state index in [9.17, 15) is 13.0 Å². The van der Waals surface area contributed by atoms with E-state index in [4.69, 9.17) is 4.74 Å². The van der Waals surface area contributed by atoms with Crippen LogP contribution < -0.4 is 9.46 Å². The average molecular weight is 325 g/mol. The molecular formula is C15H21N2O4S-. The van der Waals surface area contributed by atoms with Crippen molar-refractivity contribution >= 4 is 10.3 Å². The molecule has 1 N–H and O–H groups in total. The monoisotopic (exact) mass is 325 g/mol. The molecule has 0 aromatic heterocycles. The zero-order chi connectivity index (χ0) is 15.7. The highest BCUT2D eigenvalue weighted by molar-refractivity contribution is 7.83. The van der Waals surface area contributed by atoms with E-state index in [1.165, 1.54) is 12.8 Å². The van der Waals surface area contributed by atoms with Crippen molar-refractivity contribution in [2.75, 3.05) is 13.1 Å². The fraction of sp³-hybridized carbons (Fsp3) is 0.600. The van der Waals surface area contributed by atoms with Gasteiger partial charge >= 0.3 is 0 Å². The largest absolute Gasteiger partial charge is 0.735 e. The van der Waals surface area contributed by atoms with Crippen molar-refractivity contribution in [3.63, 3.8) is 0 Å². The minimum atomic E-state index is -4.42. The number of likely N-dealkylation sites (tertiary alicyclic amines) is 1. The lowest BCUT2D eigenvalue weighted by Crippen LogP contribution is -2.38. The van der Waals surface area contributed by atoms with Gasteiger partial charge in [-0.1, -0.05) is 19.1 Å². The summed E-state index contributed by atoms with van der Waals surface area (Å²) in [4.78, 5) is 2.38. The number of rotatable bonds is 5. The Kier molecular flexibility index (Phi) is 4.40. The van der Waals surface area contributed by atoms with Gasteiger partial charge in [-0.05, 0) is 30.9 Å². The molecule has 0 radical (unpaired) electrons. The molecule has 2 heterocycles. The van der Waals surface area contributed by atoms with Crippen LogP contribution >= 0.6 is 0 Å². The van der Waals surface area contributed by atoms with Crippen molar-refractivity contribution in [1.29, 1.82) is 0 Å². The second-order valence-electron chi connectivity index (χ2n) is 5.91. The highest BCUT2D eigenvalue weighted by Crippen LogP contribution is 2.42. The summed E-state index contributed by atoms with van der Waals surface area (Å²) >= 11 is 0. The predicted octanol–water partition coefficient (Wildman–Crippen LogP) is 1.54. The molecule has 0 aliphatic carbocycles. The van der Waals surface area contributed by atoms with Gasteiger partial charge in [0, 0.05) is 31.1 Å². The van der Waals surface area contributed by atoms with Crippen LogP contribution in [0, 0.1) is 0 Å². The summed E-state index contributed by atoms with van der Waals surface area (Å²) in [5.74, 6) is 1.16. The maximum atomic E-state index is 10.7. The zero-order valence-electron chi connectivity index (χ0n) is 12.6. The Bertz CT molecular complexity index is 641. The van der Waals surface area contributed by atoms with E-state index in [0.29, 0.717) is 0 Å². The minimum absolute atomic E-state index is 0.0178. The van der Waals surface area contributed by atoms with E-state index in [1.807, 2.05) is 16.9 Å². The van der Waals surface area contributed by atoms with E-state index < -0.39 is 10.3 Å². The van der Waals surface area contributed by atoms with Gasteiger partial charge in [-0.15, -0.1) is 0 Å². The molecule has 1 fully saturated rings. The second-order valence-corrected chi connectivity index (χ2v) is 7.11. The number of fused-ring (bicyclic) bond motifs is 1. The SMILES string of the molecule is CCC1c2cc(CNS(=O)(=O)[O-])ccc2OC1N1CCCC1. The van der Waals surface area contributed by atoms with E-state index in [-0.39, 0.29) is 18.7 Å². The highest BCUT2D eigenvalue weighted by Gasteiger charge is 2.38. The van der Waals surface area contributed by atoms with Crippen LogP contribution in [0.25, 0.3) is 0 Å². The van der Waals surface area contributed by atoms with Crippen LogP contribution in [0.1, 0.15) is 43.2 Å². The molecule has 1 aromatic rings. The average Bonchev–Trinajstić information content (AvgIpc) is 3.10. The van der Waals surface area contributed by atoms with Gasteiger partial charge in [0.2, 0.25) is 0 Å². The molecule has 0 bridgehead atoms. The van der Waals surface area contributed by atoms with Crippen molar-refractivity contribution in [2.45, 2.75) is 44.9 Å². The van der Waals surface area contributed by atoms with Gasteiger partial charge in [0.25, 0.3) is 0 Å². The number of nitrogens with one attached hydrogen (secondary N) is 1. The molecule has 122 valence electrons. The highest BCUT2D eigenvalue weighted by atomic mass is 32.2. The third-order valence-electron chi connectivity index (χ3n) is 4.46. The van der Waals surface area contributed by atoms with Crippen molar-refractivity contribution < 1.29 is 17.7 Å². The van der Waals surface area contributed by atoms with Crippen molar-refractivity contribution in [1.82, 2.24) is 9.62 Å². The summed E-state index contributed by atoms with van der Waals surface area (Å²) in [6, 6.07) is 5.64. The maximum absolute atomic E-state index is 10.7. The fourth-order valence-corrected chi connectivity index (χ4v) is 3.73. The van der Waals surface area contributed by atoms with Crippen molar-refractivity contribution in [3.05, 3.63) is 29.3 Å². The smallest absolute Gasteiger partial charge is 0.159 e. The van der Waals surface area contributed by atoms with E-state index in [2.05, 4.69) is 11.8 Å². The number of hydrogen-bond acceptors (Lipinski definition) is 5. The van der Waals surface area contributed by atoms with Crippen LogP contribution in [-0.4, -0.2) is 37.2 Å². The summed E-state index contributed by atoms with van der Waals surface area (Å²) in [6.45, 7) is 4.29. The molecule has 6 nitrogen and oxygen atoms in total. The topological polar surface area (TPSA) is 81.7 Å². The maximum Gasteiger partial charge on any atom is 0.159 e. The molecule has 1 aromatic carbocycles. The van der Waals surface area contributed by atoms with Crippen LogP contribution in [0.5, 0.6) is 5.75 Å². The van der Waals surface area contributed by atoms with Crippen LogP contribution in [0.2, 0.25) is 0 Å². The van der Waals surface area contributed by atoms with E-state index >= 15 is 0 Å². The van der Waals surface area contributed by atoms with E-state index in [0.717, 1.165) is 36.4 Å². The lowest BCUT2D eigenvalue weighted by molar-refractivity contribution is 0.0413. The molecule has 2 aliphatic heterocycles. The summed E-state index contributed by atoms with van der Waals surface area (Å²) in [5.41, 5.74) is 1.89. The van der Waals surface area contributed by atoms with Gasteiger partial charge in [-0.2, -0.15) is 0 Å². The Morgan fingerprint density at radius 2 is 2.09 bits per heavy atom. The Labute approximate surface area is 131 Å². The lowest BCUT2D eigenvalue weighted by atomic mass is 9.94. The first kappa shape index (κ1) is 15.7. The second kappa shape index (κ2) is 6.16. The van der Waals surface area contributed by atoms with Crippen LogP contribution in [0.15, 0.2) is 18.2 Å². The molecule has 0 amide bonds. The van der Waals surface area contributed by atoms with Crippen LogP contribution in [0.3, 0.4) is 0 Å². The van der Waals surface area contributed by atoms with Gasteiger partial charge in [-0.3, -0.25) is 4.90 Å². The summed E-state index contributed by atoms with van der Waals surface area (Å²) in [6.07, 6.45) is 3.46. The third-order valence-corrected chi connectivity index (χ3v) is 4.96. The normalized spacial score (nSPS) is 25.2. The Morgan fingerprint density at radius 1 is 1.36 bits per heavy atom. The number of benzene rings is 1. The van der Waals surface area contributed by atoms with Crippen LogP contribution in [0.4, 0.5) is 0 Å². The lowest BCUT2D eigenvalue weighted by Gasteiger charge is -2.27.